The standard InChI is InChI=1S/C21H24FN3O4/c1-14(2)23-21(27)15(3)24(13-17-9-4-6-10-18(17)22)20(26)12-16-8-5-7-11-19(16)25(28)29/h4-11,14-15H,12-13H2,1-3H3,(H,23,27). The third-order valence-corrected chi connectivity index (χ3v) is 4.43. The summed E-state index contributed by atoms with van der Waals surface area (Å²) in [6, 6.07) is 10.9. The molecule has 0 aliphatic rings. The summed E-state index contributed by atoms with van der Waals surface area (Å²) in [5, 5.41) is 14.0. The highest BCUT2D eigenvalue weighted by atomic mass is 19.1. The zero-order valence-electron chi connectivity index (χ0n) is 16.6. The fraction of sp³-hybridized carbons (Fsp3) is 0.333. The summed E-state index contributed by atoms with van der Waals surface area (Å²) in [5.74, 6) is -1.38. The Balaban J connectivity index is 2.33. The second-order valence-corrected chi connectivity index (χ2v) is 7.01. The molecule has 1 atom stereocenters. The van der Waals surface area contributed by atoms with Crippen LogP contribution in [-0.4, -0.2) is 33.7 Å². The number of amides is 2. The molecule has 1 unspecified atom stereocenters. The highest BCUT2D eigenvalue weighted by Crippen LogP contribution is 2.21. The Labute approximate surface area is 168 Å². The number of nitro benzene ring substituents is 1. The van der Waals surface area contributed by atoms with Gasteiger partial charge in [0.1, 0.15) is 11.9 Å². The van der Waals surface area contributed by atoms with E-state index in [0.717, 1.165) is 0 Å². The van der Waals surface area contributed by atoms with E-state index in [2.05, 4.69) is 5.32 Å². The van der Waals surface area contributed by atoms with E-state index in [1.54, 1.807) is 32.9 Å². The first-order valence-corrected chi connectivity index (χ1v) is 9.26. The van der Waals surface area contributed by atoms with Crippen molar-refractivity contribution in [3.63, 3.8) is 0 Å². The first-order chi connectivity index (χ1) is 13.7. The third kappa shape index (κ3) is 5.84. The number of hydrogen-bond donors (Lipinski definition) is 1. The number of nitro groups is 1. The van der Waals surface area contributed by atoms with Gasteiger partial charge in [-0.2, -0.15) is 0 Å². The Morgan fingerprint density at radius 3 is 2.24 bits per heavy atom. The summed E-state index contributed by atoms with van der Waals surface area (Å²) < 4.78 is 14.2. The smallest absolute Gasteiger partial charge is 0.273 e. The highest BCUT2D eigenvalue weighted by Gasteiger charge is 2.28. The van der Waals surface area contributed by atoms with Gasteiger partial charge in [-0.1, -0.05) is 36.4 Å². The van der Waals surface area contributed by atoms with Crippen LogP contribution in [0.25, 0.3) is 0 Å². The van der Waals surface area contributed by atoms with Crippen molar-refractivity contribution in [2.45, 2.75) is 45.8 Å². The average molecular weight is 401 g/mol. The Kier molecular flexibility index (Phi) is 7.41. The SMILES string of the molecule is CC(C)NC(=O)C(C)N(Cc1ccccc1F)C(=O)Cc1ccccc1[N+](=O)[O-]. The first kappa shape index (κ1) is 22.0. The number of carbonyl (C=O) groups is 2. The van der Waals surface area contributed by atoms with Crippen molar-refractivity contribution in [3.05, 3.63) is 75.6 Å². The third-order valence-electron chi connectivity index (χ3n) is 4.43. The van der Waals surface area contributed by atoms with Crippen LogP contribution in [-0.2, 0) is 22.6 Å². The van der Waals surface area contributed by atoms with Crippen molar-refractivity contribution in [2.24, 2.45) is 0 Å². The number of hydrogen-bond acceptors (Lipinski definition) is 4. The second-order valence-electron chi connectivity index (χ2n) is 7.01. The fourth-order valence-electron chi connectivity index (χ4n) is 2.90. The summed E-state index contributed by atoms with van der Waals surface area (Å²) in [4.78, 5) is 37.5. The van der Waals surface area contributed by atoms with Crippen LogP contribution in [0.3, 0.4) is 0 Å². The lowest BCUT2D eigenvalue weighted by Gasteiger charge is -2.29. The minimum Gasteiger partial charge on any atom is -0.352 e. The van der Waals surface area contributed by atoms with Crippen LogP contribution >= 0.6 is 0 Å². The maximum absolute atomic E-state index is 14.2. The van der Waals surface area contributed by atoms with E-state index >= 15 is 0 Å². The van der Waals surface area contributed by atoms with Crippen LogP contribution in [0.15, 0.2) is 48.5 Å². The molecule has 2 amide bonds. The zero-order valence-corrected chi connectivity index (χ0v) is 16.6. The zero-order chi connectivity index (χ0) is 21.6. The first-order valence-electron chi connectivity index (χ1n) is 9.26. The van der Waals surface area contributed by atoms with E-state index in [-0.39, 0.29) is 41.7 Å². The predicted octanol–water partition coefficient (Wildman–Crippen LogP) is 3.22. The monoisotopic (exact) mass is 401 g/mol. The molecule has 0 saturated heterocycles. The van der Waals surface area contributed by atoms with E-state index in [1.807, 2.05) is 0 Å². The van der Waals surface area contributed by atoms with E-state index in [4.69, 9.17) is 0 Å². The van der Waals surface area contributed by atoms with Crippen LogP contribution < -0.4 is 5.32 Å². The Morgan fingerprint density at radius 2 is 1.66 bits per heavy atom. The minimum atomic E-state index is -0.882. The molecule has 0 aromatic heterocycles. The average Bonchev–Trinajstić information content (AvgIpc) is 2.66. The summed E-state index contributed by atoms with van der Waals surface area (Å²) in [7, 11) is 0. The molecule has 2 rings (SSSR count). The van der Waals surface area contributed by atoms with Crippen molar-refractivity contribution in [2.75, 3.05) is 0 Å². The van der Waals surface area contributed by atoms with Gasteiger partial charge in [-0.3, -0.25) is 19.7 Å². The number of nitrogens with zero attached hydrogens (tertiary/aromatic N) is 2. The number of halogens is 1. The second kappa shape index (κ2) is 9.77. The molecule has 0 aliphatic carbocycles. The van der Waals surface area contributed by atoms with Crippen molar-refractivity contribution in [1.29, 1.82) is 0 Å². The van der Waals surface area contributed by atoms with Crippen molar-refractivity contribution < 1.29 is 18.9 Å². The largest absolute Gasteiger partial charge is 0.352 e. The number of para-hydroxylation sites is 1. The lowest BCUT2D eigenvalue weighted by Crippen LogP contribution is -2.49. The quantitative estimate of drug-likeness (QED) is 0.543. The molecule has 29 heavy (non-hydrogen) atoms. The molecule has 0 spiro atoms. The van der Waals surface area contributed by atoms with Crippen LogP contribution in [0, 0.1) is 15.9 Å². The van der Waals surface area contributed by atoms with Gasteiger partial charge in [-0.05, 0) is 26.8 Å². The van der Waals surface area contributed by atoms with Crippen molar-refractivity contribution >= 4 is 17.5 Å². The van der Waals surface area contributed by atoms with Gasteiger partial charge in [-0.15, -0.1) is 0 Å². The molecule has 0 bridgehead atoms. The van der Waals surface area contributed by atoms with E-state index < -0.39 is 22.7 Å². The maximum Gasteiger partial charge on any atom is 0.273 e. The van der Waals surface area contributed by atoms with Gasteiger partial charge >= 0.3 is 0 Å². The number of nitrogens with one attached hydrogen (secondary N) is 1. The van der Waals surface area contributed by atoms with Crippen molar-refractivity contribution in [3.8, 4) is 0 Å². The van der Waals surface area contributed by atoms with Gasteiger partial charge in [0.15, 0.2) is 0 Å². The molecule has 8 heteroatoms. The molecule has 154 valence electrons. The fourth-order valence-corrected chi connectivity index (χ4v) is 2.90. The molecular formula is C21H24FN3O4. The molecule has 0 fully saturated rings. The Bertz CT molecular complexity index is 901. The number of rotatable bonds is 8. The molecular weight excluding hydrogens is 377 g/mol. The lowest BCUT2D eigenvalue weighted by atomic mass is 10.1. The van der Waals surface area contributed by atoms with Gasteiger partial charge in [0.05, 0.1) is 11.3 Å². The number of carbonyl (C=O) groups excluding carboxylic acids is 2. The molecule has 7 nitrogen and oxygen atoms in total. The van der Waals surface area contributed by atoms with E-state index in [0.29, 0.717) is 0 Å². The summed E-state index contributed by atoms with van der Waals surface area (Å²) in [5.41, 5.74) is 0.316. The molecule has 1 N–H and O–H groups in total. The molecule has 0 saturated carbocycles. The van der Waals surface area contributed by atoms with E-state index in [9.17, 15) is 24.1 Å². The molecule has 0 heterocycles. The molecule has 0 aliphatic heterocycles. The lowest BCUT2D eigenvalue weighted by molar-refractivity contribution is -0.385. The molecule has 2 aromatic rings. The van der Waals surface area contributed by atoms with Gasteiger partial charge in [0, 0.05) is 29.8 Å². The Morgan fingerprint density at radius 1 is 1.07 bits per heavy atom. The minimum absolute atomic E-state index is 0.126. The van der Waals surface area contributed by atoms with Crippen LogP contribution in [0.1, 0.15) is 31.9 Å². The van der Waals surface area contributed by atoms with Crippen molar-refractivity contribution in [1.82, 2.24) is 10.2 Å². The number of benzene rings is 2. The van der Waals surface area contributed by atoms with Crippen LogP contribution in [0.4, 0.5) is 10.1 Å². The Hall–Kier alpha value is -3.29. The van der Waals surface area contributed by atoms with Crippen LogP contribution in [0.5, 0.6) is 0 Å². The molecule has 2 aromatic carbocycles. The topological polar surface area (TPSA) is 92.6 Å². The van der Waals surface area contributed by atoms with Crippen LogP contribution in [0.2, 0.25) is 0 Å². The summed E-state index contributed by atoms with van der Waals surface area (Å²) >= 11 is 0. The van der Waals surface area contributed by atoms with Gasteiger partial charge < -0.3 is 10.2 Å². The maximum atomic E-state index is 14.2. The summed E-state index contributed by atoms with van der Waals surface area (Å²) in [6.45, 7) is 5.01. The normalized spacial score (nSPS) is 11.8. The van der Waals surface area contributed by atoms with Gasteiger partial charge in [0.2, 0.25) is 11.8 Å². The van der Waals surface area contributed by atoms with E-state index in [1.165, 1.54) is 41.3 Å². The molecule has 0 radical (unpaired) electrons. The van der Waals surface area contributed by atoms with Gasteiger partial charge in [0.25, 0.3) is 5.69 Å². The summed E-state index contributed by atoms with van der Waals surface area (Å²) in [6.07, 6.45) is -0.273. The van der Waals surface area contributed by atoms with Gasteiger partial charge in [-0.25, -0.2) is 4.39 Å². The highest BCUT2D eigenvalue weighted by molar-refractivity contribution is 5.88. The predicted molar refractivity (Wildman–Crippen MR) is 106 cm³/mol.